The number of aromatic nitrogens is 2. The quantitative estimate of drug-likeness (QED) is 0.757. The Labute approximate surface area is 129 Å². The van der Waals surface area contributed by atoms with Gasteiger partial charge in [-0.05, 0) is 25.1 Å². The van der Waals surface area contributed by atoms with Gasteiger partial charge in [-0.2, -0.15) is 0 Å². The van der Waals surface area contributed by atoms with E-state index in [1.807, 2.05) is 0 Å². The van der Waals surface area contributed by atoms with Crippen LogP contribution in [0, 0.1) is 5.92 Å². The first-order valence-corrected chi connectivity index (χ1v) is 9.01. The lowest BCUT2D eigenvalue weighted by atomic mass is 10.0. The van der Waals surface area contributed by atoms with Crippen LogP contribution >= 0.6 is 0 Å². The van der Waals surface area contributed by atoms with E-state index < -0.39 is 9.84 Å². The van der Waals surface area contributed by atoms with Crippen LogP contribution in [0.5, 0.6) is 0 Å². The minimum atomic E-state index is -3.25. The van der Waals surface area contributed by atoms with Gasteiger partial charge < -0.3 is 5.32 Å². The lowest BCUT2D eigenvalue weighted by Gasteiger charge is -2.15. The summed E-state index contributed by atoms with van der Waals surface area (Å²) in [6, 6.07) is 5.27. The van der Waals surface area contributed by atoms with E-state index in [4.69, 9.17) is 0 Å². The third-order valence-corrected chi connectivity index (χ3v) is 5.08. The van der Waals surface area contributed by atoms with Gasteiger partial charge in [0.05, 0.1) is 10.4 Å². The second-order valence-corrected chi connectivity index (χ2v) is 7.64. The van der Waals surface area contributed by atoms with Crippen LogP contribution in [-0.4, -0.2) is 43.8 Å². The summed E-state index contributed by atoms with van der Waals surface area (Å²) in [7, 11) is -3.25. The van der Waals surface area contributed by atoms with Crippen molar-refractivity contribution in [2.24, 2.45) is 5.92 Å². The van der Waals surface area contributed by atoms with Gasteiger partial charge in [-0.15, -0.1) is 0 Å². The summed E-state index contributed by atoms with van der Waals surface area (Å²) >= 11 is 0. The summed E-state index contributed by atoms with van der Waals surface area (Å²) in [5, 5.41) is 4.03. The fraction of sp³-hybridized carbons (Fsp3) is 0.429. The van der Waals surface area contributed by atoms with Crippen LogP contribution in [0.1, 0.15) is 6.92 Å². The molecular formula is C14H19N5O2S. The van der Waals surface area contributed by atoms with Gasteiger partial charge >= 0.3 is 0 Å². The zero-order valence-electron chi connectivity index (χ0n) is 12.5. The van der Waals surface area contributed by atoms with Gasteiger partial charge in [-0.1, -0.05) is 0 Å². The number of nitrogens with one attached hydrogen (secondary N) is 3. The van der Waals surface area contributed by atoms with Crippen molar-refractivity contribution in [1.82, 2.24) is 20.8 Å². The first-order chi connectivity index (χ1) is 10.4. The highest BCUT2D eigenvalue weighted by atomic mass is 32.2. The maximum atomic E-state index is 11.7. The molecule has 2 aromatic rings. The highest BCUT2D eigenvalue weighted by molar-refractivity contribution is 7.90. The molecular weight excluding hydrogens is 302 g/mol. The molecule has 8 heteroatoms. The third kappa shape index (κ3) is 3.03. The SMILES string of the molecule is CC1NNCC1CNc1ncnc2ccc(S(C)(=O)=O)cc12. The Morgan fingerprint density at radius 2 is 2.18 bits per heavy atom. The lowest BCUT2D eigenvalue weighted by molar-refractivity contribution is 0.509. The molecule has 0 bridgehead atoms. The molecule has 2 heterocycles. The molecule has 7 nitrogen and oxygen atoms in total. The van der Waals surface area contributed by atoms with Gasteiger partial charge in [-0.3, -0.25) is 10.9 Å². The summed E-state index contributed by atoms with van der Waals surface area (Å²) in [4.78, 5) is 8.72. The monoisotopic (exact) mass is 321 g/mol. The van der Waals surface area contributed by atoms with Gasteiger partial charge in [0.2, 0.25) is 0 Å². The second-order valence-electron chi connectivity index (χ2n) is 5.63. The Hall–Kier alpha value is -1.77. The molecule has 1 aliphatic rings. The molecule has 0 spiro atoms. The van der Waals surface area contributed by atoms with Crippen LogP contribution in [0.3, 0.4) is 0 Å². The predicted octanol–water partition coefficient (Wildman–Crippen LogP) is 0.558. The van der Waals surface area contributed by atoms with E-state index >= 15 is 0 Å². The Morgan fingerprint density at radius 1 is 1.36 bits per heavy atom. The first-order valence-electron chi connectivity index (χ1n) is 7.12. The highest BCUT2D eigenvalue weighted by Gasteiger charge is 2.22. The van der Waals surface area contributed by atoms with Crippen molar-refractivity contribution in [2.75, 3.05) is 24.7 Å². The van der Waals surface area contributed by atoms with Crippen LogP contribution in [0.15, 0.2) is 29.4 Å². The molecule has 1 aliphatic heterocycles. The Morgan fingerprint density at radius 3 is 2.86 bits per heavy atom. The molecule has 1 fully saturated rings. The van der Waals surface area contributed by atoms with E-state index in [9.17, 15) is 8.42 Å². The fourth-order valence-corrected chi connectivity index (χ4v) is 3.18. The number of nitrogens with zero attached hydrogens (tertiary/aromatic N) is 2. The summed E-state index contributed by atoms with van der Waals surface area (Å²) in [5.41, 5.74) is 7.02. The van der Waals surface area contributed by atoms with E-state index in [0.29, 0.717) is 17.8 Å². The fourth-order valence-electron chi connectivity index (χ4n) is 2.53. The van der Waals surface area contributed by atoms with E-state index in [1.165, 1.54) is 12.6 Å². The Kier molecular flexibility index (Phi) is 3.98. The molecule has 2 atom stereocenters. The third-order valence-electron chi connectivity index (χ3n) is 3.97. The van der Waals surface area contributed by atoms with Crippen molar-refractivity contribution in [3.05, 3.63) is 24.5 Å². The van der Waals surface area contributed by atoms with Crippen molar-refractivity contribution >= 4 is 26.6 Å². The highest BCUT2D eigenvalue weighted by Crippen LogP contribution is 2.23. The van der Waals surface area contributed by atoms with E-state index in [0.717, 1.165) is 24.0 Å². The Balaban J connectivity index is 1.91. The van der Waals surface area contributed by atoms with Crippen molar-refractivity contribution in [2.45, 2.75) is 17.9 Å². The molecule has 0 radical (unpaired) electrons. The molecule has 0 aliphatic carbocycles. The standard InChI is InChI=1S/C14H19N5O2S/c1-9-10(7-18-19-9)6-15-14-12-5-11(22(2,20)21)3-4-13(12)16-8-17-14/h3-5,8-10,18-19H,6-7H2,1-2H3,(H,15,16,17). The van der Waals surface area contributed by atoms with Crippen LogP contribution in [0.4, 0.5) is 5.82 Å². The summed E-state index contributed by atoms with van der Waals surface area (Å²) in [6.45, 7) is 3.74. The molecule has 3 N–H and O–H groups in total. The smallest absolute Gasteiger partial charge is 0.175 e. The minimum absolute atomic E-state index is 0.274. The number of hydrogen-bond donors (Lipinski definition) is 3. The maximum absolute atomic E-state index is 11.7. The number of hydrazine groups is 1. The van der Waals surface area contributed by atoms with E-state index in [2.05, 4.69) is 33.1 Å². The van der Waals surface area contributed by atoms with Gasteiger partial charge in [0, 0.05) is 36.7 Å². The molecule has 1 aromatic heterocycles. The Bertz CT molecular complexity index is 793. The number of benzene rings is 1. The van der Waals surface area contributed by atoms with E-state index in [1.54, 1.807) is 18.2 Å². The zero-order valence-corrected chi connectivity index (χ0v) is 13.3. The van der Waals surface area contributed by atoms with Crippen LogP contribution < -0.4 is 16.2 Å². The van der Waals surface area contributed by atoms with Crippen LogP contribution in [-0.2, 0) is 9.84 Å². The molecule has 22 heavy (non-hydrogen) atoms. The second kappa shape index (κ2) is 5.79. The van der Waals surface area contributed by atoms with Crippen molar-refractivity contribution < 1.29 is 8.42 Å². The lowest BCUT2D eigenvalue weighted by Crippen LogP contribution is -2.30. The van der Waals surface area contributed by atoms with Gasteiger partial charge in [0.25, 0.3) is 0 Å². The molecule has 118 valence electrons. The molecule has 1 aromatic carbocycles. The normalized spacial score (nSPS) is 22.1. The largest absolute Gasteiger partial charge is 0.369 e. The summed E-state index contributed by atoms with van der Waals surface area (Å²) in [6.07, 6.45) is 2.68. The number of hydrogen-bond acceptors (Lipinski definition) is 7. The average molecular weight is 321 g/mol. The molecule has 2 unspecified atom stereocenters. The van der Waals surface area contributed by atoms with Crippen molar-refractivity contribution in [3.8, 4) is 0 Å². The van der Waals surface area contributed by atoms with Crippen molar-refractivity contribution in [1.29, 1.82) is 0 Å². The van der Waals surface area contributed by atoms with Gasteiger partial charge in [0.1, 0.15) is 12.1 Å². The van der Waals surface area contributed by atoms with E-state index in [-0.39, 0.29) is 4.90 Å². The summed E-state index contributed by atoms with van der Waals surface area (Å²) < 4.78 is 23.4. The van der Waals surface area contributed by atoms with Gasteiger partial charge in [0.15, 0.2) is 9.84 Å². The molecule has 3 rings (SSSR count). The molecule has 0 amide bonds. The number of sulfone groups is 1. The van der Waals surface area contributed by atoms with Crippen molar-refractivity contribution in [3.63, 3.8) is 0 Å². The first kappa shape index (κ1) is 15.1. The number of fused-ring (bicyclic) bond motifs is 1. The number of anilines is 1. The molecule has 0 saturated carbocycles. The maximum Gasteiger partial charge on any atom is 0.175 e. The topological polar surface area (TPSA) is 96.0 Å². The minimum Gasteiger partial charge on any atom is -0.369 e. The average Bonchev–Trinajstić information content (AvgIpc) is 2.89. The zero-order chi connectivity index (χ0) is 15.7. The number of rotatable bonds is 4. The molecule has 1 saturated heterocycles. The van der Waals surface area contributed by atoms with Gasteiger partial charge in [-0.25, -0.2) is 18.4 Å². The van der Waals surface area contributed by atoms with Crippen LogP contribution in [0.2, 0.25) is 0 Å². The van der Waals surface area contributed by atoms with Crippen LogP contribution in [0.25, 0.3) is 10.9 Å². The predicted molar refractivity (Wildman–Crippen MR) is 85.2 cm³/mol. The summed E-state index contributed by atoms with van der Waals surface area (Å²) in [5.74, 6) is 1.10.